The number of aromatic amines is 1. The van der Waals surface area contributed by atoms with Crippen molar-refractivity contribution in [1.82, 2.24) is 14.8 Å². The summed E-state index contributed by atoms with van der Waals surface area (Å²) in [6, 6.07) is 12.8. The summed E-state index contributed by atoms with van der Waals surface area (Å²) in [4.78, 5) is 8.67. The number of nitrogens with one attached hydrogen (secondary N) is 1. The van der Waals surface area contributed by atoms with Crippen LogP contribution >= 0.6 is 0 Å². The van der Waals surface area contributed by atoms with E-state index in [1.165, 1.54) is 75.5 Å². The number of aromatic nitrogens is 1. The quantitative estimate of drug-likeness (QED) is 0.395. The number of benzene rings is 2. The lowest BCUT2D eigenvalue weighted by Crippen LogP contribution is -2.31. The Labute approximate surface area is 198 Å². The highest BCUT2D eigenvalue weighted by atomic mass is 16.5. The molecule has 2 aliphatic rings. The van der Waals surface area contributed by atoms with Gasteiger partial charge in [-0.1, -0.05) is 12.8 Å². The van der Waals surface area contributed by atoms with Crippen molar-refractivity contribution in [3.8, 4) is 11.5 Å². The summed E-state index contributed by atoms with van der Waals surface area (Å²) in [5.41, 5.74) is 2.29. The number of likely N-dealkylation sites (tertiary alicyclic amines) is 2. The summed E-state index contributed by atoms with van der Waals surface area (Å²) in [6.07, 6.45) is 10.4. The van der Waals surface area contributed by atoms with E-state index in [9.17, 15) is 0 Å². The van der Waals surface area contributed by atoms with E-state index in [0.29, 0.717) is 0 Å². The van der Waals surface area contributed by atoms with Gasteiger partial charge < -0.3 is 24.3 Å². The second-order valence-electron chi connectivity index (χ2n) is 9.75. The highest BCUT2D eigenvalue weighted by Crippen LogP contribution is 2.31. The molecule has 2 fully saturated rings. The van der Waals surface area contributed by atoms with Crippen molar-refractivity contribution in [1.29, 1.82) is 0 Å². The van der Waals surface area contributed by atoms with Gasteiger partial charge in [-0.3, -0.25) is 0 Å². The van der Waals surface area contributed by atoms with E-state index >= 15 is 0 Å². The van der Waals surface area contributed by atoms with Gasteiger partial charge in [-0.05, 0) is 101 Å². The van der Waals surface area contributed by atoms with Crippen LogP contribution in [0.3, 0.4) is 0 Å². The Morgan fingerprint density at radius 2 is 1.06 bits per heavy atom. The molecule has 33 heavy (non-hydrogen) atoms. The maximum atomic E-state index is 6.11. The van der Waals surface area contributed by atoms with Gasteiger partial charge in [-0.2, -0.15) is 0 Å². The largest absolute Gasteiger partial charge is 0.494 e. The van der Waals surface area contributed by atoms with E-state index in [-0.39, 0.29) is 0 Å². The van der Waals surface area contributed by atoms with E-state index in [4.69, 9.17) is 9.47 Å². The third-order valence-electron chi connectivity index (χ3n) is 7.21. The van der Waals surface area contributed by atoms with Crippen LogP contribution in [0.25, 0.3) is 21.8 Å². The Morgan fingerprint density at radius 3 is 1.52 bits per heavy atom. The van der Waals surface area contributed by atoms with Crippen LogP contribution in [-0.4, -0.2) is 67.3 Å². The first-order chi connectivity index (χ1) is 16.3. The molecule has 2 aromatic carbocycles. The van der Waals surface area contributed by atoms with E-state index < -0.39 is 0 Å². The standard InChI is InChI=1S/C28H39N3O2/c1-3-13-30(14-4-1)17-7-19-32-23-9-11-27-25(21-23)26-22-24(10-12-28(26)29-27)33-20-8-18-31-15-5-2-6-16-31/h9-12,21-22,29H,1-8,13-20H2. The molecule has 0 unspecified atom stereocenters. The molecule has 3 aromatic rings. The molecule has 5 rings (SSSR count). The zero-order chi connectivity index (χ0) is 22.3. The number of hydrogen-bond donors (Lipinski definition) is 1. The summed E-state index contributed by atoms with van der Waals surface area (Å²) < 4.78 is 12.2. The molecule has 1 N–H and O–H groups in total. The van der Waals surface area contributed by atoms with Crippen LogP contribution in [0.15, 0.2) is 36.4 Å². The predicted octanol–water partition coefficient (Wildman–Crippen LogP) is 5.83. The molecule has 0 amide bonds. The van der Waals surface area contributed by atoms with E-state index in [0.717, 1.165) is 61.7 Å². The number of H-pyrrole nitrogens is 1. The molecule has 5 nitrogen and oxygen atoms in total. The molecular weight excluding hydrogens is 410 g/mol. The maximum absolute atomic E-state index is 6.11. The number of piperidine rings is 2. The molecule has 178 valence electrons. The number of rotatable bonds is 10. The molecule has 3 heterocycles. The minimum absolute atomic E-state index is 0.774. The highest BCUT2D eigenvalue weighted by molar-refractivity contribution is 6.08. The Balaban J connectivity index is 1.16. The average Bonchev–Trinajstić information content (AvgIpc) is 3.23. The lowest BCUT2D eigenvalue weighted by Gasteiger charge is -2.26. The van der Waals surface area contributed by atoms with Crippen molar-refractivity contribution in [2.45, 2.75) is 51.4 Å². The van der Waals surface area contributed by atoms with E-state index in [1.54, 1.807) is 0 Å². The molecule has 0 aliphatic carbocycles. The summed E-state index contributed by atoms with van der Waals surface area (Å²) in [6.45, 7) is 8.86. The highest BCUT2D eigenvalue weighted by Gasteiger charge is 2.11. The van der Waals surface area contributed by atoms with Gasteiger partial charge in [0.15, 0.2) is 0 Å². The minimum atomic E-state index is 0.774. The van der Waals surface area contributed by atoms with Crippen molar-refractivity contribution in [3.63, 3.8) is 0 Å². The smallest absolute Gasteiger partial charge is 0.120 e. The second kappa shape index (κ2) is 11.3. The SMILES string of the molecule is c1cc2[nH]c3ccc(OCCCN4CCCCC4)cc3c2cc1OCCCN1CCCCC1. The molecule has 2 aliphatic heterocycles. The number of nitrogens with zero attached hydrogens (tertiary/aromatic N) is 2. The summed E-state index contributed by atoms with van der Waals surface area (Å²) in [7, 11) is 0. The number of hydrogen-bond acceptors (Lipinski definition) is 4. The van der Waals surface area contributed by atoms with Gasteiger partial charge in [0.1, 0.15) is 11.5 Å². The van der Waals surface area contributed by atoms with Crippen molar-refractivity contribution >= 4 is 21.8 Å². The second-order valence-corrected chi connectivity index (χ2v) is 9.75. The summed E-state index contributed by atoms with van der Waals surface area (Å²) >= 11 is 0. The first-order valence-corrected chi connectivity index (χ1v) is 13.1. The van der Waals surface area contributed by atoms with Gasteiger partial charge in [-0.15, -0.1) is 0 Å². The molecule has 0 radical (unpaired) electrons. The van der Waals surface area contributed by atoms with Crippen LogP contribution < -0.4 is 9.47 Å². The average molecular weight is 450 g/mol. The van der Waals surface area contributed by atoms with Crippen LogP contribution in [0.2, 0.25) is 0 Å². The van der Waals surface area contributed by atoms with E-state index in [1.807, 2.05) is 0 Å². The first kappa shape index (κ1) is 22.5. The zero-order valence-corrected chi connectivity index (χ0v) is 20.0. The topological polar surface area (TPSA) is 40.7 Å². The molecule has 0 bridgehead atoms. The van der Waals surface area contributed by atoms with Crippen LogP contribution in [0.1, 0.15) is 51.4 Å². The monoisotopic (exact) mass is 449 g/mol. The third kappa shape index (κ3) is 6.01. The van der Waals surface area contributed by atoms with Crippen LogP contribution in [-0.2, 0) is 0 Å². The number of ether oxygens (including phenoxy) is 2. The van der Waals surface area contributed by atoms with Gasteiger partial charge in [0.25, 0.3) is 0 Å². The van der Waals surface area contributed by atoms with Crippen LogP contribution in [0.4, 0.5) is 0 Å². The summed E-state index contributed by atoms with van der Waals surface area (Å²) in [5, 5.41) is 2.41. The number of fused-ring (bicyclic) bond motifs is 3. The van der Waals surface area contributed by atoms with Crippen molar-refractivity contribution < 1.29 is 9.47 Å². The molecule has 0 spiro atoms. The van der Waals surface area contributed by atoms with Gasteiger partial charge >= 0.3 is 0 Å². The molecule has 5 heteroatoms. The third-order valence-corrected chi connectivity index (χ3v) is 7.21. The fourth-order valence-corrected chi connectivity index (χ4v) is 5.36. The molecule has 2 saturated heterocycles. The predicted molar refractivity (Wildman–Crippen MR) is 137 cm³/mol. The van der Waals surface area contributed by atoms with Gasteiger partial charge in [-0.25, -0.2) is 0 Å². The fraction of sp³-hybridized carbons (Fsp3) is 0.571. The lowest BCUT2D eigenvalue weighted by molar-refractivity contribution is 0.205. The first-order valence-electron chi connectivity index (χ1n) is 13.1. The van der Waals surface area contributed by atoms with Crippen molar-refractivity contribution in [2.24, 2.45) is 0 Å². The minimum Gasteiger partial charge on any atom is -0.494 e. The van der Waals surface area contributed by atoms with Gasteiger partial charge in [0.2, 0.25) is 0 Å². The Kier molecular flexibility index (Phi) is 7.69. The summed E-state index contributed by atoms with van der Waals surface area (Å²) in [5.74, 6) is 1.91. The van der Waals surface area contributed by atoms with Crippen molar-refractivity contribution in [3.05, 3.63) is 36.4 Å². The molecule has 1 aromatic heterocycles. The molecular formula is C28H39N3O2. The van der Waals surface area contributed by atoms with Gasteiger partial charge in [0, 0.05) is 34.9 Å². The zero-order valence-electron chi connectivity index (χ0n) is 20.0. The Morgan fingerprint density at radius 1 is 0.606 bits per heavy atom. The molecule has 0 atom stereocenters. The van der Waals surface area contributed by atoms with Gasteiger partial charge in [0.05, 0.1) is 13.2 Å². The van der Waals surface area contributed by atoms with E-state index in [2.05, 4.69) is 51.2 Å². The van der Waals surface area contributed by atoms with Crippen molar-refractivity contribution in [2.75, 3.05) is 52.5 Å². The molecule has 0 saturated carbocycles. The van der Waals surface area contributed by atoms with Crippen LogP contribution in [0.5, 0.6) is 11.5 Å². The Bertz CT molecular complexity index is 938. The lowest BCUT2D eigenvalue weighted by atomic mass is 10.1. The fourth-order valence-electron chi connectivity index (χ4n) is 5.36. The maximum Gasteiger partial charge on any atom is 0.120 e. The van der Waals surface area contributed by atoms with Crippen LogP contribution in [0, 0.1) is 0 Å². The Hall–Kier alpha value is -2.24. The normalized spacial score (nSPS) is 18.2.